The van der Waals surface area contributed by atoms with Gasteiger partial charge in [-0.1, -0.05) is 6.07 Å². The molecule has 6 heteroatoms. The number of aromatic nitrogens is 2. The summed E-state index contributed by atoms with van der Waals surface area (Å²) in [6, 6.07) is 5.69. The molecule has 0 radical (unpaired) electrons. The second kappa shape index (κ2) is 5.65. The molecule has 2 aromatic rings. The third kappa shape index (κ3) is 2.49. The summed E-state index contributed by atoms with van der Waals surface area (Å²) in [7, 11) is 0. The van der Waals surface area contributed by atoms with Crippen molar-refractivity contribution in [1.29, 1.82) is 0 Å². The van der Waals surface area contributed by atoms with Gasteiger partial charge in [0, 0.05) is 12.6 Å². The molecule has 1 aromatic heterocycles. The smallest absolute Gasteiger partial charge is 0.246 e. The summed E-state index contributed by atoms with van der Waals surface area (Å²) < 4.78 is 12.8. The van der Waals surface area contributed by atoms with Crippen LogP contribution in [-0.2, 0) is 30.7 Å². The summed E-state index contributed by atoms with van der Waals surface area (Å²) in [4.78, 5) is 14.5. The quantitative estimate of drug-likeness (QED) is 0.788. The lowest BCUT2D eigenvalue weighted by atomic mass is 10.1. The molecule has 0 saturated carbocycles. The van der Waals surface area contributed by atoms with E-state index in [-0.39, 0.29) is 12.7 Å². The minimum absolute atomic E-state index is 0.0388. The Morgan fingerprint density at radius 3 is 3.04 bits per heavy atom. The lowest BCUT2D eigenvalue weighted by Crippen LogP contribution is -2.37. The molecule has 1 aromatic carbocycles. The highest BCUT2D eigenvalue weighted by atomic mass is 16.7. The van der Waals surface area contributed by atoms with Crippen LogP contribution in [0.25, 0.3) is 6.08 Å². The summed E-state index contributed by atoms with van der Waals surface area (Å²) in [6.07, 6.45) is 6.83. The monoisotopic (exact) mass is 337 g/mol. The first-order chi connectivity index (χ1) is 12.3. The Labute approximate surface area is 145 Å². The van der Waals surface area contributed by atoms with Gasteiger partial charge in [-0.25, -0.2) is 0 Å². The molecule has 0 saturated heterocycles. The number of benzene rings is 1. The number of carbonyl (C=O) groups excluding carboxylic acids is 1. The fourth-order valence-corrected chi connectivity index (χ4v) is 3.83. The molecule has 25 heavy (non-hydrogen) atoms. The van der Waals surface area contributed by atoms with Crippen LogP contribution in [-0.4, -0.2) is 33.9 Å². The van der Waals surface area contributed by atoms with Crippen LogP contribution in [0.15, 0.2) is 24.3 Å². The topological polar surface area (TPSA) is 56.6 Å². The van der Waals surface area contributed by atoms with Crippen molar-refractivity contribution in [2.24, 2.45) is 0 Å². The molecular formula is C19H19N3O3. The summed E-state index contributed by atoms with van der Waals surface area (Å²) >= 11 is 0. The number of carbonyl (C=O) groups is 1. The average molecular weight is 337 g/mol. The summed E-state index contributed by atoms with van der Waals surface area (Å²) in [5.74, 6) is 1.52. The van der Waals surface area contributed by atoms with Crippen LogP contribution < -0.4 is 9.47 Å². The van der Waals surface area contributed by atoms with Crippen LogP contribution in [0.2, 0.25) is 0 Å². The highest BCUT2D eigenvalue weighted by Crippen LogP contribution is 2.33. The van der Waals surface area contributed by atoms with Crippen LogP contribution in [0, 0.1) is 0 Å². The van der Waals surface area contributed by atoms with Gasteiger partial charge in [0.1, 0.15) is 0 Å². The molecular weight excluding hydrogens is 318 g/mol. The molecule has 5 rings (SSSR count). The molecule has 0 bridgehead atoms. The Balaban J connectivity index is 1.31. The molecule has 3 heterocycles. The van der Waals surface area contributed by atoms with E-state index < -0.39 is 0 Å². The standard InChI is InChI=1S/C19H19N3O3/c23-19(7-5-13-4-6-17-18(10-13)25-12-24-17)21-8-9-22-16(11-21)14-2-1-3-15(14)20-22/h4-7,10H,1-3,8-9,11-12H2/b7-5+. The molecule has 1 aliphatic carbocycles. The number of hydrogen-bond donors (Lipinski definition) is 0. The lowest BCUT2D eigenvalue weighted by Gasteiger charge is -2.27. The van der Waals surface area contributed by atoms with E-state index in [1.807, 2.05) is 29.2 Å². The van der Waals surface area contributed by atoms with Crippen LogP contribution in [0.1, 0.15) is 28.9 Å². The first kappa shape index (κ1) is 14.6. The SMILES string of the molecule is O=C(/C=C/c1ccc2c(c1)OCO2)N1CCn2nc3c(c2C1)CCC3. The molecule has 0 fully saturated rings. The minimum Gasteiger partial charge on any atom is -0.454 e. The number of aryl methyl sites for hydroxylation is 1. The molecule has 0 atom stereocenters. The third-order valence-corrected chi connectivity index (χ3v) is 5.14. The largest absolute Gasteiger partial charge is 0.454 e. The van der Waals surface area contributed by atoms with Gasteiger partial charge in [0.2, 0.25) is 12.7 Å². The van der Waals surface area contributed by atoms with Crippen molar-refractivity contribution in [3.05, 3.63) is 46.8 Å². The van der Waals surface area contributed by atoms with Gasteiger partial charge in [-0.15, -0.1) is 0 Å². The highest BCUT2D eigenvalue weighted by Gasteiger charge is 2.27. The number of rotatable bonds is 2. The van der Waals surface area contributed by atoms with Crippen molar-refractivity contribution >= 4 is 12.0 Å². The zero-order valence-corrected chi connectivity index (χ0v) is 13.9. The van der Waals surface area contributed by atoms with E-state index in [9.17, 15) is 4.79 Å². The molecule has 128 valence electrons. The highest BCUT2D eigenvalue weighted by molar-refractivity contribution is 5.92. The predicted octanol–water partition coefficient (Wildman–Crippen LogP) is 2.16. The van der Waals surface area contributed by atoms with Gasteiger partial charge in [-0.3, -0.25) is 9.48 Å². The fraction of sp³-hybridized carbons (Fsp3) is 0.368. The molecule has 0 N–H and O–H groups in total. The first-order valence-electron chi connectivity index (χ1n) is 8.72. The van der Waals surface area contributed by atoms with Crippen LogP contribution in [0.5, 0.6) is 11.5 Å². The van der Waals surface area contributed by atoms with Gasteiger partial charge in [0.25, 0.3) is 0 Å². The Morgan fingerprint density at radius 2 is 2.08 bits per heavy atom. The molecule has 3 aliphatic rings. The van der Waals surface area contributed by atoms with E-state index in [1.54, 1.807) is 6.08 Å². The maximum Gasteiger partial charge on any atom is 0.246 e. The van der Waals surface area contributed by atoms with Crippen molar-refractivity contribution in [1.82, 2.24) is 14.7 Å². The number of ether oxygens (including phenoxy) is 2. The number of hydrogen-bond acceptors (Lipinski definition) is 4. The molecule has 0 unspecified atom stereocenters. The number of amides is 1. The number of nitrogens with zero attached hydrogens (tertiary/aromatic N) is 3. The van der Waals surface area contributed by atoms with Gasteiger partial charge in [0.15, 0.2) is 11.5 Å². The van der Waals surface area contributed by atoms with Crippen LogP contribution >= 0.6 is 0 Å². The predicted molar refractivity (Wildman–Crippen MR) is 91.3 cm³/mol. The van der Waals surface area contributed by atoms with E-state index in [0.717, 1.165) is 36.4 Å². The molecule has 2 aliphatic heterocycles. The average Bonchev–Trinajstić information content (AvgIpc) is 3.34. The second-order valence-corrected chi connectivity index (χ2v) is 6.65. The van der Waals surface area contributed by atoms with E-state index in [0.29, 0.717) is 13.1 Å². The van der Waals surface area contributed by atoms with Gasteiger partial charge in [-0.05, 0) is 48.6 Å². The van der Waals surface area contributed by atoms with Crippen molar-refractivity contribution in [3.8, 4) is 11.5 Å². The maximum atomic E-state index is 12.6. The normalized spacial score (nSPS) is 17.8. The van der Waals surface area contributed by atoms with Crippen LogP contribution in [0.4, 0.5) is 0 Å². The van der Waals surface area contributed by atoms with Crippen LogP contribution in [0.3, 0.4) is 0 Å². The van der Waals surface area contributed by atoms with Crippen molar-refractivity contribution in [2.45, 2.75) is 32.4 Å². The molecule has 0 spiro atoms. The van der Waals surface area contributed by atoms with E-state index in [1.165, 1.54) is 23.4 Å². The van der Waals surface area contributed by atoms with Crippen molar-refractivity contribution in [2.75, 3.05) is 13.3 Å². The van der Waals surface area contributed by atoms with E-state index in [4.69, 9.17) is 9.47 Å². The molecule has 1 amide bonds. The van der Waals surface area contributed by atoms with Gasteiger partial charge in [-0.2, -0.15) is 5.10 Å². The Hall–Kier alpha value is -2.76. The second-order valence-electron chi connectivity index (χ2n) is 6.65. The summed E-state index contributed by atoms with van der Waals surface area (Å²) in [5, 5.41) is 4.69. The van der Waals surface area contributed by atoms with Crippen molar-refractivity contribution in [3.63, 3.8) is 0 Å². The Bertz CT molecular complexity index is 884. The summed E-state index contributed by atoms with van der Waals surface area (Å²) in [6.45, 7) is 2.41. The zero-order valence-electron chi connectivity index (χ0n) is 13.9. The molecule has 6 nitrogen and oxygen atoms in total. The van der Waals surface area contributed by atoms with Gasteiger partial charge >= 0.3 is 0 Å². The van der Waals surface area contributed by atoms with E-state index in [2.05, 4.69) is 9.78 Å². The number of fused-ring (bicyclic) bond motifs is 4. The minimum atomic E-state index is 0.0388. The Kier molecular flexibility index (Phi) is 3.29. The van der Waals surface area contributed by atoms with E-state index >= 15 is 0 Å². The summed E-state index contributed by atoms with van der Waals surface area (Å²) in [5.41, 5.74) is 4.77. The van der Waals surface area contributed by atoms with Gasteiger partial charge in [0.05, 0.1) is 24.5 Å². The first-order valence-corrected chi connectivity index (χ1v) is 8.72. The zero-order chi connectivity index (χ0) is 16.8. The van der Waals surface area contributed by atoms with Gasteiger partial charge < -0.3 is 14.4 Å². The third-order valence-electron chi connectivity index (χ3n) is 5.14. The maximum absolute atomic E-state index is 12.6. The Morgan fingerprint density at radius 1 is 1.16 bits per heavy atom. The fourth-order valence-electron chi connectivity index (χ4n) is 3.83. The lowest BCUT2D eigenvalue weighted by molar-refractivity contribution is -0.127. The van der Waals surface area contributed by atoms with Crippen molar-refractivity contribution < 1.29 is 14.3 Å².